The standard InChI is InChI=1S/C21H18N2O3/c22-21(25)19-12-16-7-3-4-8-18(16)23(19)20(24)13-26-17-10-9-14-5-1-2-6-15(14)11-17/h1-11,19H,12-13H2,(H2,22,25). The molecule has 2 amide bonds. The van der Waals surface area contributed by atoms with Gasteiger partial charge in [-0.1, -0.05) is 48.5 Å². The molecule has 0 radical (unpaired) electrons. The smallest absolute Gasteiger partial charge is 0.265 e. The van der Waals surface area contributed by atoms with Crippen molar-refractivity contribution in [2.24, 2.45) is 5.73 Å². The third-order valence-electron chi connectivity index (χ3n) is 4.66. The molecule has 4 rings (SSSR count). The first-order chi connectivity index (χ1) is 12.6. The maximum Gasteiger partial charge on any atom is 0.265 e. The Bertz CT molecular complexity index is 999. The molecule has 5 nitrogen and oxygen atoms in total. The van der Waals surface area contributed by atoms with Gasteiger partial charge in [0.15, 0.2) is 6.61 Å². The minimum atomic E-state index is -0.667. The Balaban J connectivity index is 1.53. The summed E-state index contributed by atoms with van der Waals surface area (Å²) >= 11 is 0. The summed E-state index contributed by atoms with van der Waals surface area (Å²) in [5, 5.41) is 2.15. The van der Waals surface area contributed by atoms with E-state index in [4.69, 9.17) is 10.5 Å². The summed E-state index contributed by atoms with van der Waals surface area (Å²) in [6.07, 6.45) is 0.438. The van der Waals surface area contributed by atoms with Crippen molar-refractivity contribution < 1.29 is 14.3 Å². The summed E-state index contributed by atoms with van der Waals surface area (Å²) in [6.45, 7) is -0.156. The third kappa shape index (κ3) is 2.88. The number of amides is 2. The zero-order valence-corrected chi connectivity index (χ0v) is 14.1. The van der Waals surface area contributed by atoms with Gasteiger partial charge in [-0.2, -0.15) is 0 Å². The van der Waals surface area contributed by atoms with Gasteiger partial charge in [-0.05, 0) is 34.5 Å². The Hall–Kier alpha value is -3.34. The van der Waals surface area contributed by atoms with Crippen LogP contribution in [-0.4, -0.2) is 24.5 Å². The highest BCUT2D eigenvalue weighted by Crippen LogP contribution is 2.32. The van der Waals surface area contributed by atoms with Gasteiger partial charge < -0.3 is 10.5 Å². The van der Waals surface area contributed by atoms with Crippen molar-refractivity contribution in [1.29, 1.82) is 0 Å². The predicted octanol–water partition coefficient (Wildman–Crippen LogP) is 2.66. The molecule has 1 aliphatic heterocycles. The molecule has 0 bridgehead atoms. The van der Waals surface area contributed by atoms with E-state index in [0.717, 1.165) is 22.0 Å². The Morgan fingerprint density at radius 1 is 1.00 bits per heavy atom. The zero-order chi connectivity index (χ0) is 18.1. The first-order valence-corrected chi connectivity index (χ1v) is 8.44. The molecule has 3 aromatic rings. The van der Waals surface area contributed by atoms with Crippen LogP contribution in [0.1, 0.15) is 5.56 Å². The largest absolute Gasteiger partial charge is 0.484 e. The van der Waals surface area contributed by atoms with Crippen LogP contribution in [0.5, 0.6) is 5.75 Å². The van der Waals surface area contributed by atoms with Gasteiger partial charge in [-0.25, -0.2) is 0 Å². The van der Waals surface area contributed by atoms with E-state index in [0.29, 0.717) is 12.2 Å². The summed E-state index contributed by atoms with van der Waals surface area (Å²) < 4.78 is 5.69. The molecule has 0 fully saturated rings. The second kappa shape index (κ2) is 6.52. The highest BCUT2D eigenvalue weighted by Gasteiger charge is 2.37. The van der Waals surface area contributed by atoms with Crippen molar-refractivity contribution in [3.05, 3.63) is 72.3 Å². The van der Waals surface area contributed by atoms with Crippen LogP contribution in [0.4, 0.5) is 5.69 Å². The number of ether oxygens (including phenoxy) is 1. The molecule has 2 N–H and O–H groups in total. The molecule has 130 valence electrons. The van der Waals surface area contributed by atoms with E-state index in [1.54, 1.807) is 0 Å². The molecule has 0 spiro atoms. The highest BCUT2D eigenvalue weighted by atomic mass is 16.5. The van der Waals surface area contributed by atoms with Crippen molar-refractivity contribution >= 4 is 28.3 Å². The minimum Gasteiger partial charge on any atom is -0.484 e. The number of nitrogens with two attached hydrogens (primary N) is 1. The number of primary amides is 1. The Kier molecular flexibility index (Phi) is 4.05. The van der Waals surface area contributed by atoms with E-state index < -0.39 is 11.9 Å². The SMILES string of the molecule is NC(=O)C1Cc2ccccc2N1C(=O)COc1ccc2ccccc2c1. The number of carbonyl (C=O) groups is 2. The molecule has 0 saturated heterocycles. The lowest BCUT2D eigenvalue weighted by atomic mass is 10.1. The second-order valence-corrected chi connectivity index (χ2v) is 6.31. The van der Waals surface area contributed by atoms with E-state index >= 15 is 0 Å². The van der Waals surface area contributed by atoms with Gasteiger partial charge in [0.25, 0.3) is 5.91 Å². The van der Waals surface area contributed by atoms with Gasteiger partial charge in [0, 0.05) is 12.1 Å². The fourth-order valence-electron chi connectivity index (χ4n) is 3.39. The Morgan fingerprint density at radius 3 is 2.54 bits per heavy atom. The van der Waals surface area contributed by atoms with Gasteiger partial charge in [0.2, 0.25) is 5.91 Å². The number of para-hydroxylation sites is 1. The maximum absolute atomic E-state index is 12.8. The van der Waals surface area contributed by atoms with Crippen LogP contribution >= 0.6 is 0 Å². The molecule has 0 aliphatic carbocycles. The van der Waals surface area contributed by atoms with Crippen molar-refractivity contribution in [3.63, 3.8) is 0 Å². The van der Waals surface area contributed by atoms with Crippen molar-refractivity contribution in [2.75, 3.05) is 11.5 Å². The van der Waals surface area contributed by atoms with E-state index in [1.807, 2.05) is 66.7 Å². The number of nitrogens with zero attached hydrogens (tertiary/aromatic N) is 1. The van der Waals surface area contributed by atoms with Gasteiger partial charge >= 0.3 is 0 Å². The molecular weight excluding hydrogens is 328 g/mol. The Labute approximate surface area is 151 Å². The fourth-order valence-corrected chi connectivity index (χ4v) is 3.39. The van der Waals surface area contributed by atoms with Gasteiger partial charge in [-0.15, -0.1) is 0 Å². The monoisotopic (exact) mass is 346 g/mol. The average Bonchev–Trinajstić information content (AvgIpc) is 3.06. The summed E-state index contributed by atoms with van der Waals surface area (Å²) in [7, 11) is 0. The molecule has 3 aromatic carbocycles. The van der Waals surface area contributed by atoms with Crippen LogP contribution in [0.15, 0.2) is 66.7 Å². The average molecular weight is 346 g/mol. The molecular formula is C21H18N2O3. The molecule has 0 aromatic heterocycles. The van der Waals surface area contributed by atoms with E-state index in [1.165, 1.54) is 4.90 Å². The normalized spacial score (nSPS) is 15.7. The molecule has 1 heterocycles. The van der Waals surface area contributed by atoms with Crippen LogP contribution in [0, 0.1) is 0 Å². The number of benzene rings is 3. The molecule has 0 saturated carbocycles. The lowest BCUT2D eigenvalue weighted by molar-refractivity contribution is -0.125. The fraction of sp³-hybridized carbons (Fsp3) is 0.143. The van der Waals surface area contributed by atoms with Gasteiger partial charge in [0.1, 0.15) is 11.8 Å². The number of hydrogen-bond acceptors (Lipinski definition) is 3. The third-order valence-corrected chi connectivity index (χ3v) is 4.66. The van der Waals surface area contributed by atoms with Crippen LogP contribution in [0.2, 0.25) is 0 Å². The quantitative estimate of drug-likeness (QED) is 0.789. The maximum atomic E-state index is 12.8. The van der Waals surface area contributed by atoms with E-state index in [-0.39, 0.29) is 12.5 Å². The second-order valence-electron chi connectivity index (χ2n) is 6.31. The minimum absolute atomic E-state index is 0.156. The summed E-state index contributed by atoms with van der Waals surface area (Å²) in [5.74, 6) is -0.188. The van der Waals surface area contributed by atoms with Crippen molar-refractivity contribution in [3.8, 4) is 5.75 Å². The first kappa shape index (κ1) is 16.1. The molecule has 1 atom stereocenters. The Morgan fingerprint density at radius 2 is 1.73 bits per heavy atom. The number of anilines is 1. The van der Waals surface area contributed by atoms with Crippen LogP contribution in [0.25, 0.3) is 10.8 Å². The zero-order valence-electron chi connectivity index (χ0n) is 14.1. The molecule has 1 unspecified atom stereocenters. The van der Waals surface area contributed by atoms with Crippen LogP contribution < -0.4 is 15.4 Å². The topological polar surface area (TPSA) is 72.6 Å². The van der Waals surface area contributed by atoms with Crippen LogP contribution in [-0.2, 0) is 16.0 Å². The predicted molar refractivity (Wildman–Crippen MR) is 100 cm³/mol. The lowest BCUT2D eigenvalue weighted by Crippen LogP contribution is -2.47. The summed E-state index contributed by atoms with van der Waals surface area (Å²) in [5.41, 5.74) is 7.17. The molecule has 1 aliphatic rings. The lowest BCUT2D eigenvalue weighted by Gasteiger charge is -2.23. The summed E-state index contributed by atoms with van der Waals surface area (Å²) in [4.78, 5) is 26.0. The van der Waals surface area contributed by atoms with Gasteiger partial charge in [0.05, 0.1) is 0 Å². The number of rotatable bonds is 4. The van der Waals surface area contributed by atoms with E-state index in [2.05, 4.69) is 0 Å². The number of carbonyl (C=O) groups excluding carboxylic acids is 2. The highest BCUT2D eigenvalue weighted by molar-refractivity contribution is 6.03. The number of fused-ring (bicyclic) bond motifs is 2. The first-order valence-electron chi connectivity index (χ1n) is 8.44. The van der Waals surface area contributed by atoms with E-state index in [9.17, 15) is 9.59 Å². The molecule has 26 heavy (non-hydrogen) atoms. The molecule has 5 heteroatoms. The van der Waals surface area contributed by atoms with Crippen molar-refractivity contribution in [1.82, 2.24) is 0 Å². The summed E-state index contributed by atoms with van der Waals surface area (Å²) in [6, 6.07) is 20.4. The van der Waals surface area contributed by atoms with Crippen LogP contribution in [0.3, 0.4) is 0 Å². The van der Waals surface area contributed by atoms with Gasteiger partial charge in [-0.3, -0.25) is 14.5 Å². The van der Waals surface area contributed by atoms with Crippen molar-refractivity contribution in [2.45, 2.75) is 12.5 Å². The number of hydrogen-bond donors (Lipinski definition) is 1.